The molecule has 0 atom stereocenters. The zero-order valence-corrected chi connectivity index (χ0v) is 8.75. The predicted molar refractivity (Wildman–Crippen MR) is 54.4 cm³/mol. The van der Waals surface area contributed by atoms with E-state index in [4.69, 9.17) is 5.84 Å². The van der Waals surface area contributed by atoms with Gasteiger partial charge in [0.2, 0.25) is 0 Å². The summed E-state index contributed by atoms with van der Waals surface area (Å²) >= 11 is 0. The number of hydrogen-bond donors (Lipinski definition) is 2. The fourth-order valence-electron chi connectivity index (χ4n) is 1.28. The van der Waals surface area contributed by atoms with Crippen LogP contribution in [0.5, 0.6) is 0 Å². The first-order valence-electron chi connectivity index (χ1n) is 4.57. The number of nitrogens with two attached hydrogens (primary N) is 1. The molecule has 16 heavy (non-hydrogen) atoms. The number of hydrazine groups is 1. The van der Waals surface area contributed by atoms with Crippen molar-refractivity contribution in [1.29, 1.82) is 0 Å². The first-order chi connectivity index (χ1) is 7.40. The van der Waals surface area contributed by atoms with E-state index in [-0.39, 0.29) is 6.54 Å². The monoisotopic (exact) mass is 234 g/mol. The Labute approximate surface area is 91.2 Å². The maximum atomic E-state index is 12.0. The molecule has 0 amide bonds. The number of rotatable bonds is 4. The molecule has 0 unspecified atom stereocenters. The maximum absolute atomic E-state index is 12.0. The second kappa shape index (κ2) is 5.13. The zero-order valence-electron chi connectivity index (χ0n) is 8.75. The zero-order chi connectivity index (χ0) is 12.2. The minimum Gasteiger partial charge on any atom is -0.308 e. The van der Waals surface area contributed by atoms with Crippen LogP contribution in [-0.4, -0.2) is 29.7 Å². The fraction of sp³-hybridized carbons (Fsp3) is 0.444. The van der Waals surface area contributed by atoms with Crippen LogP contribution in [0, 0.1) is 0 Å². The van der Waals surface area contributed by atoms with Gasteiger partial charge in [-0.05, 0) is 18.7 Å². The van der Waals surface area contributed by atoms with Crippen LogP contribution in [0.1, 0.15) is 5.56 Å². The van der Waals surface area contributed by atoms with Crippen molar-refractivity contribution in [3.05, 3.63) is 23.9 Å². The van der Waals surface area contributed by atoms with Crippen LogP contribution in [0.15, 0.2) is 18.3 Å². The van der Waals surface area contributed by atoms with Crippen LogP contribution in [0.4, 0.5) is 19.0 Å². The molecule has 7 heteroatoms. The first-order valence-corrected chi connectivity index (χ1v) is 4.57. The lowest BCUT2D eigenvalue weighted by molar-refractivity contribution is -0.144. The highest BCUT2D eigenvalue weighted by atomic mass is 19.4. The van der Waals surface area contributed by atoms with Gasteiger partial charge in [0.25, 0.3) is 0 Å². The highest BCUT2D eigenvalue weighted by Gasteiger charge is 2.28. The standard InChI is InChI=1S/C9H13F3N4/c1-16(6-9(10,11)12)5-7-2-3-8(15-13)14-4-7/h2-4H,5-6,13H2,1H3,(H,14,15). The summed E-state index contributed by atoms with van der Waals surface area (Å²) in [6.45, 7) is -0.749. The summed E-state index contributed by atoms with van der Waals surface area (Å²) in [5.41, 5.74) is 3.04. The number of anilines is 1. The van der Waals surface area contributed by atoms with Gasteiger partial charge in [0.05, 0.1) is 6.54 Å². The molecule has 3 N–H and O–H groups in total. The van der Waals surface area contributed by atoms with Crippen molar-refractivity contribution in [3.8, 4) is 0 Å². The van der Waals surface area contributed by atoms with E-state index in [1.165, 1.54) is 18.1 Å². The van der Waals surface area contributed by atoms with Crippen LogP contribution in [-0.2, 0) is 6.54 Å². The second-order valence-corrected chi connectivity index (χ2v) is 3.48. The Morgan fingerprint density at radius 1 is 1.44 bits per heavy atom. The van der Waals surface area contributed by atoms with E-state index in [2.05, 4.69) is 10.4 Å². The number of alkyl halides is 3. The number of aromatic nitrogens is 1. The summed E-state index contributed by atoms with van der Waals surface area (Å²) in [4.78, 5) is 5.08. The lowest BCUT2D eigenvalue weighted by Gasteiger charge is -2.18. The van der Waals surface area contributed by atoms with Crippen molar-refractivity contribution in [2.75, 3.05) is 19.0 Å². The van der Waals surface area contributed by atoms with E-state index in [1.54, 1.807) is 12.1 Å². The van der Waals surface area contributed by atoms with Crippen molar-refractivity contribution in [1.82, 2.24) is 9.88 Å². The summed E-state index contributed by atoms with van der Waals surface area (Å²) in [6.07, 6.45) is -2.69. The van der Waals surface area contributed by atoms with Crippen molar-refractivity contribution in [2.45, 2.75) is 12.7 Å². The smallest absolute Gasteiger partial charge is 0.308 e. The number of nitrogen functional groups attached to an aromatic ring is 1. The van der Waals surface area contributed by atoms with Gasteiger partial charge in [0, 0.05) is 12.7 Å². The van der Waals surface area contributed by atoms with E-state index in [1.807, 2.05) is 0 Å². The molecule has 4 nitrogen and oxygen atoms in total. The third-order valence-corrected chi connectivity index (χ3v) is 1.87. The average Bonchev–Trinajstić information content (AvgIpc) is 2.16. The van der Waals surface area contributed by atoms with Crippen molar-refractivity contribution >= 4 is 5.82 Å². The number of pyridine rings is 1. The van der Waals surface area contributed by atoms with Crippen molar-refractivity contribution < 1.29 is 13.2 Å². The number of nitrogens with one attached hydrogen (secondary N) is 1. The lowest BCUT2D eigenvalue weighted by atomic mass is 10.2. The SMILES string of the molecule is CN(Cc1ccc(NN)nc1)CC(F)(F)F. The minimum absolute atomic E-state index is 0.192. The normalized spacial score (nSPS) is 11.9. The molecule has 0 saturated heterocycles. The molecule has 0 aromatic carbocycles. The maximum Gasteiger partial charge on any atom is 0.401 e. The van der Waals surface area contributed by atoms with Gasteiger partial charge < -0.3 is 5.43 Å². The van der Waals surface area contributed by atoms with E-state index in [0.29, 0.717) is 11.4 Å². The van der Waals surface area contributed by atoms with Gasteiger partial charge in [-0.15, -0.1) is 0 Å². The third-order valence-electron chi connectivity index (χ3n) is 1.87. The van der Waals surface area contributed by atoms with Crippen LogP contribution in [0.2, 0.25) is 0 Å². The molecule has 0 saturated carbocycles. The van der Waals surface area contributed by atoms with Crippen LogP contribution >= 0.6 is 0 Å². The fourth-order valence-corrected chi connectivity index (χ4v) is 1.28. The van der Waals surface area contributed by atoms with E-state index < -0.39 is 12.7 Å². The molecule has 90 valence electrons. The lowest BCUT2D eigenvalue weighted by Crippen LogP contribution is -2.30. The second-order valence-electron chi connectivity index (χ2n) is 3.48. The first kappa shape index (κ1) is 12.7. The van der Waals surface area contributed by atoms with E-state index in [9.17, 15) is 13.2 Å². The Hall–Kier alpha value is -1.34. The van der Waals surface area contributed by atoms with Gasteiger partial charge in [-0.3, -0.25) is 4.90 Å². The molecule has 1 aromatic rings. The third kappa shape index (κ3) is 4.45. The molecule has 0 radical (unpaired) electrons. The molecule has 0 aliphatic carbocycles. The number of nitrogens with zero attached hydrogens (tertiary/aromatic N) is 2. The average molecular weight is 234 g/mol. The van der Waals surface area contributed by atoms with Gasteiger partial charge >= 0.3 is 6.18 Å². The summed E-state index contributed by atoms with van der Waals surface area (Å²) in [5.74, 6) is 5.59. The summed E-state index contributed by atoms with van der Waals surface area (Å²) in [7, 11) is 1.41. The number of halogens is 3. The van der Waals surface area contributed by atoms with Gasteiger partial charge in [0.15, 0.2) is 0 Å². The van der Waals surface area contributed by atoms with E-state index >= 15 is 0 Å². The molecular weight excluding hydrogens is 221 g/mol. The van der Waals surface area contributed by atoms with Crippen LogP contribution < -0.4 is 11.3 Å². The number of hydrogen-bond acceptors (Lipinski definition) is 4. The summed E-state index contributed by atoms with van der Waals surface area (Å²) in [6, 6.07) is 3.28. The summed E-state index contributed by atoms with van der Waals surface area (Å²) < 4.78 is 36.1. The highest BCUT2D eigenvalue weighted by Crippen LogP contribution is 2.16. The molecule has 0 fully saturated rings. The highest BCUT2D eigenvalue weighted by molar-refractivity contribution is 5.33. The Kier molecular flexibility index (Phi) is 4.08. The topological polar surface area (TPSA) is 54.2 Å². The Balaban J connectivity index is 2.53. The summed E-state index contributed by atoms with van der Waals surface area (Å²) in [5, 5.41) is 0. The molecule has 1 aromatic heterocycles. The molecule has 0 aliphatic heterocycles. The van der Waals surface area contributed by atoms with Gasteiger partial charge in [-0.1, -0.05) is 6.07 Å². The minimum atomic E-state index is -4.18. The molecular formula is C9H13F3N4. The molecule has 1 rings (SSSR count). The molecule has 0 aliphatic rings. The van der Waals surface area contributed by atoms with Crippen LogP contribution in [0.25, 0.3) is 0 Å². The van der Waals surface area contributed by atoms with Gasteiger partial charge in [-0.25, -0.2) is 10.8 Å². The van der Waals surface area contributed by atoms with Gasteiger partial charge in [-0.2, -0.15) is 13.2 Å². The Morgan fingerprint density at radius 3 is 2.56 bits per heavy atom. The Morgan fingerprint density at radius 2 is 2.12 bits per heavy atom. The van der Waals surface area contributed by atoms with Gasteiger partial charge in [0.1, 0.15) is 5.82 Å². The molecule has 0 spiro atoms. The van der Waals surface area contributed by atoms with Crippen molar-refractivity contribution in [3.63, 3.8) is 0 Å². The van der Waals surface area contributed by atoms with E-state index in [0.717, 1.165) is 0 Å². The molecule has 0 bridgehead atoms. The Bertz CT molecular complexity index is 323. The largest absolute Gasteiger partial charge is 0.401 e. The van der Waals surface area contributed by atoms with Crippen molar-refractivity contribution in [2.24, 2.45) is 5.84 Å². The quantitative estimate of drug-likeness (QED) is 0.610. The predicted octanol–water partition coefficient (Wildman–Crippen LogP) is 1.36. The van der Waals surface area contributed by atoms with Crippen LogP contribution in [0.3, 0.4) is 0 Å². The molecule has 1 heterocycles.